The van der Waals surface area contributed by atoms with E-state index >= 15 is 0 Å². The maximum Gasteiger partial charge on any atom is 0.253 e. The van der Waals surface area contributed by atoms with Gasteiger partial charge in [-0.2, -0.15) is 0 Å². The van der Waals surface area contributed by atoms with Crippen LogP contribution in [0.15, 0.2) is 66.8 Å². The van der Waals surface area contributed by atoms with E-state index in [4.69, 9.17) is 9.47 Å². The lowest BCUT2D eigenvalue weighted by Crippen LogP contribution is -2.56. The Hall–Kier alpha value is -3.95. The molecule has 43 heavy (non-hydrogen) atoms. The first kappa shape index (κ1) is 29.1. The van der Waals surface area contributed by atoms with Crippen molar-refractivity contribution in [1.29, 1.82) is 0 Å². The molecule has 3 amide bonds. The Morgan fingerprint density at radius 2 is 1.65 bits per heavy atom. The van der Waals surface area contributed by atoms with E-state index in [-0.39, 0.29) is 30.9 Å². The Kier molecular flexibility index (Phi) is 7.42. The van der Waals surface area contributed by atoms with E-state index in [1.165, 1.54) is 0 Å². The summed E-state index contributed by atoms with van der Waals surface area (Å²) in [5.41, 5.74) is 0.970. The van der Waals surface area contributed by atoms with Crippen LogP contribution in [-0.2, 0) is 19.1 Å². The summed E-state index contributed by atoms with van der Waals surface area (Å²) < 4.78 is 12.5. The van der Waals surface area contributed by atoms with Gasteiger partial charge in [0.15, 0.2) is 0 Å². The molecule has 0 aromatic heterocycles. The van der Waals surface area contributed by atoms with Gasteiger partial charge in [0, 0.05) is 37.6 Å². The molecular formula is C34H39N3O6. The van der Waals surface area contributed by atoms with Gasteiger partial charge in [0.25, 0.3) is 5.91 Å². The molecule has 2 fully saturated rings. The molecule has 0 bridgehead atoms. The SMILES string of the molecule is CCOc1ccc(N2CC=C[C@]3(C)O[C@]45C=CCN(c6cc(C)ccc6C)C(=O)C4N(CCCO)C(=O)[C@@H]5[C@@H]3C2=O)cc1. The summed E-state index contributed by atoms with van der Waals surface area (Å²) in [7, 11) is 0. The molecule has 1 spiro atoms. The predicted molar refractivity (Wildman–Crippen MR) is 163 cm³/mol. The first-order valence-electron chi connectivity index (χ1n) is 15.0. The van der Waals surface area contributed by atoms with Gasteiger partial charge < -0.3 is 29.3 Å². The van der Waals surface area contributed by atoms with Crippen LogP contribution in [0.2, 0.25) is 0 Å². The van der Waals surface area contributed by atoms with Gasteiger partial charge in [-0.3, -0.25) is 14.4 Å². The number of amides is 3. The molecule has 226 valence electrons. The highest BCUT2D eigenvalue weighted by molar-refractivity contribution is 6.07. The van der Waals surface area contributed by atoms with Gasteiger partial charge in [-0.05, 0) is 75.6 Å². The fourth-order valence-electron chi connectivity index (χ4n) is 7.35. The monoisotopic (exact) mass is 585 g/mol. The number of rotatable bonds is 7. The van der Waals surface area contributed by atoms with Crippen LogP contribution in [-0.4, -0.2) is 77.8 Å². The highest BCUT2D eigenvalue weighted by Gasteiger charge is 2.74. The number of carbonyl (C=O) groups excluding carboxylic acids is 3. The molecule has 0 saturated carbocycles. The summed E-state index contributed by atoms with van der Waals surface area (Å²) in [4.78, 5) is 48.5. The number of anilines is 2. The number of carbonyl (C=O) groups is 3. The maximum absolute atomic E-state index is 14.6. The third-order valence-corrected chi connectivity index (χ3v) is 9.23. The van der Waals surface area contributed by atoms with Crippen LogP contribution < -0.4 is 14.5 Å². The Morgan fingerprint density at radius 3 is 2.37 bits per heavy atom. The highest BCUT2D eigenvalue weighted by atomic mass is 16.5. The van der Waals surface area contributed by atoms with Crippen LogP contribution >= 0.6 is 0 Å². The topological polar surface area (TPSA) is 99.6 Å². The number of fused-ring (bicyclic) bond motifs is 2. The molecule has 1 N–H and O–H groups in total. The number of hydrogen-bond donors (Lipinski definition) is 1. The summed E-state index contributed by atoms with van der Waals surface area (Å²) >= 11 is 0. The summed E-state index contributed by atoms with van der Waals surface area (Å²) in [6.45, 7) is 8.91. The zero-order chi connectivity index (χ0) is 30.5. The standard InChI is InChI=1S/C34H39N3O6/c1-5-42-25-13-11-24(12-14-25)35-17-6-15-33(4)27(30(35)39)28-31(40)37(19-8-20-38)29-32(41)36(18-7-16-34(28,29)43-33)26-21-22(2)9-10-23(26)3/h6-7,9-16,21,27-29,38H,5,8,17-20H2,1-4H3/t27-,28+,29?,33+,34+/m1/s1. The molecule has 4 aliphatic rings. The molecular weight excluding hydrogens is 546 g/mol. The van der Waals surface area contributed by atoms with Gasteiger partial charge in [0.05, 0.1) is 24.0 Å². The second-order valence-corrected chi connectivity index (χ2v) is 12.0. The van der Waals surface area contributed by atoms with Crippen molar-refractivity contribution < 1.29 is 29.0 Å². The van der Waals surface area contributed by atoms with Gasteiger partial charge in [0.2, 0.25) is 11.8 Å². The quantitative estimate of drug-likeness (QED) is 0.499. The highest BCUT2D eigenvalue weighted by Crippen LogP contribution is 2.57. The molecule has 0 aliphatic carbocycles. The van der Waals surface area contributed by atoms with Gasteiger partial charge >= 0.3 is 0 Å². The van der Waals surface area contributed by atoms with Crippen LogP contribution in [0.4, 0.5) is 11.4 Å². The van der Waals surface area contributed by atoms with Gasteiger partial charge in [-0.25, -0.2) is 0 Å². The van der Waals surface area contributed by atoms with E-state index in [0.717, 1.165) is 16.8 Å². The first-order chi connectivity index (χ1) is 20.6. The summed E-state index contributed by atoms with van der Waals surface area (Å²) in [5, 5.41) is 9.69. The number of likely N-dealkylation sites (tertiary alicyclic amines) is 1. The molecule has 0 radical (unpaired) electrons. The van der Waals surface area contributed by atoms with Crippen molar-refractivity contribution in [3.05, 3.63) is 77.9 Å². The number of aliphatic hydroxyl groups excluding tert-OH is 1. The van der Waals surface area contributed by atoms with Gasteiger partial charge in [-0.1, -0.05) is 36.4 Å². The van der Waals surface area contributed by atoms with E-state index in [9.17, 15) is 19.5 Å². The molecule has 4 aliphatic heterocycles. The average molecular weight is 586 g/mol. The summed E-state index contributed by atoms with van der Waals surface area (Å²) in [6.07, 6.45) is 7.83. The van der Waals surface area contributed by atoms with Crippen LogP contribution in [0.5, 0.6) is 5.75 Å². The third-order valence-electron chi connectivity index (χ3n) is 9.23. The molecule has 4 heterocycles. The minimum Gasteiger partial charge on any atom is -0.494 e. The van der Waals surface area contributed by atoms with Crippen LogP contribution in [0.3, 0.4) is 0 Å². The lowest BCUT2D eigenvalue weighted by molar-refractivity contribution is -0.144. The van der Waals surface area contributed by atoms with E-state index in [1.807, 2.05) is 94.5 Å². The second-order valence-electron chi connectivity index (χ2n) is 12.0. The van der Waals surface area contributed by atoms with Crippen molar-refractivity contribution in [1.82, 2.24) is 4.90 Å². The van der Waals surface area contributed by atoms with Gasteiger partial charge in [-0.15, -0.1) is 0 Å². The van der Waals surface area contributed by atoms with Crippen molar-refractivity contribution in [2.45, 2.75) is 51.4 Å². The lowest BCUT2D eigenvalue weighted by Gasteiger charge is -2.37. The number of aliphatic hydroxyl groups is 1. The van der Waals surface area contributed by atoms with E-state index in [2.05, 4.69) is 0 Å². The Labute approximate surface area is 252 Å². The van der Waals surface area contributed by atoms with Crippen molar-refractivity contribution in [3.63, 3.8) is 0 Å². The Balaban J connectivity index is 1.44. The Bertz CT molecular complexity index is 1500. The van der Waals surface area contributed by atoms with Crippen LogP contribution in [0.25, 0.3) is 0 Å². The lowest BCUT2D eigenvalue weighted by atomic mass is 9.74. The fourth-order valence-corrected chi connectivity index (χ4v) is 7.35. The van der Waals surface area contributed by atoms with Crippen LogP contribution in [0, 0.1) is 25.7 Å². The molecule has 2 aromatic rings. The van der Waals surface area contributed by atoms with Gasteiger partial charge in [0.1, 0.15) is 17.4 Å². The molecule has 2 aromatic carbocycles. The van der Waals surface area contributed by atoms with Crippen molar-refractivity contribution in [2.24, 2.45) is 11.8 Å². The molecule has 9 nitrogen and oxygen atoms in total. The minimum atomic E-state index is -1.35. The van der Waals surface area contributed by atoms with E-state index in [1.54, 1.807) is 14.7 Å². The van der Waals surface area contributed by atoms with E-state index in [0.29, 0.717) is 37.6 Å². The largest absolute Gasteiger partial charge is 0.494 e. The zero-order valence-corrected chi connectivity index (χ0v) is 25.2. The molecule has 2 saturated heterocycles. The van der Waals surface area contributed by atoms with Crippen molar-refractivity contribution in [2.75, 3.05) is 42.6 Å². The molecule has 1 unspecified atom stereocenters. The average Bonchev–Trinajstić information content (AvgIpc) is 3.25. The second kappa shape index (κ2) is 11.0. The summed E-state index contributed by atoms with van der Waals surface area (Å²) in [6, 6.07) is 12.3. The predicted octanol–water partition coefficient (Wildman–Crippen LogP) is 3.56. The van der Waals surface area contributed by atoms with Crippen molar-refractivity contribution in [3.8, 4) is 5.75 Å². The first-order valence-corrected chi connectivity index (χ1v) is 15.0. The third kappa shape index (κ3) is 4.57. The number of benzene rings is 2. The number of hydrogen-bond acceptors (Lipinski definition) is 6. The number of aryl methyl sites for hydroxylation is 2. The zero-order valence-electron chi connectivity index (χ0n) is 25.2. The molecule has 6 rings (SSSR count). The Morgan fingerprint density at radius 1 is 0.930 bits per heavy atom. The van der Waals surface area contributed by atoms with E-state index < -0.39 is 29.1 Å². The fraction of sp³-hybridized carbons (Fsp3) is 0.441. The molecule has 5 atom stereocenters. The number of ether oxygens (including phenoxy) is 2. The smallest absolute Gasteiger partial charge is 0.253 e. The molecule has 9 heteroatoms. The maximum atomic E-state index is 14.6. The minimum absolute atomic E-state index is 0.131. The normalized spacial score (nSPS) is 29.8. The summed E-state index contributed by atoms with van der Waals surface area (Å²) in [5.74, 6) is -1.86. The van der Waals surface area contributed by atoms with Crippen LogP contribution in [0.1, 0.15) is 31.4 Å². The van der Waals surface area contributed by atoms with Crippen molar-refractivity contribution >= 4 is 29.1 Å². The number of nitrogens with zero attached hydrogens (tertiary/aromatic N) is 3.